The molecule has 3 rings (SSSR count). The maximum Gasteiger partial charge on any atom is 0.308 e. The van der Waals surface area contributed by atoms with Gasteiger partial charge in [-0.1, -0.05) is 30.3 Å². The van der Waals surface area contributed by atoms with Crippen LogP contribution < -0.4 is 19.7 Å². The number of carbonyl (C=O) groups is 3. The van der Waals surface area contributed by atoms with Crippen molar-refractivity contribution in [1.82, 2.24) is 5.32 Å². The van der Waals surface area contributed by atoms with Crippen LogP contribution in [0.3, 0.4) is 0 Å². The van der Waals surface area contributed by atoms with E-state index in [0.29, 0.717) is 17.2 Å². The number of hydrogen-bond acceptors (Lipinski definition) is 6. The highest BCUT2D eigenvalue weighted by Crippen LogP contribution is 2.31. The molecule has 0 saturated heterocycles. The zero-order valence-corrected chi connectivity index (χ0v) is 16.1. The Morgan fingerprint density at radius 1 is 1.14 bits per heavy atom. The summed E-state index contributed by atoms with van der Waals surface area (Å²) in [4.78, 5) is 37.5. The first kappa shape index (κ1) is 20.2. The van der Waals surface area contributed by atoms with Crippen molar-refractivity contribution in [2.75, 3.05) is 31.8 Å². The number of rotatable bonds is 8. The van der Waals surface area contributed by atoms with Gasteiger partial charge in [0.1, 0.15) is 11.5 Å². The van der Waals surface area contributed by atoms with Gasteiger partial charge >= 0.3 is 5.97 Å². The second kappa shape index (κ2) is 9.59. The van der Waals surface area contributed by atoms with E-state index in [1.54, 1.807) is 31.4 Å². The van der Waals surface area contributed by atoms with Crippen LogP contribution in [0.15, 0.2) is 48.5 Å². The van der Waals surface area contributed by atoms with Gasteiger partial charge < -0.3 is 24.4 Å². The van der Waals surface area contributed by atoms with E-state index in [4.69, 9.17) is 14.2 Å². The van der Waals surface area contributed by atoms with Crippen LogP contribution in [-0.2, 0) is 25.7 Å². The molecule has 0 unspecified atom stereocenters. The van der Waals surface area contributed by atoms with Crippen molar-refractivity contribution >= 4 is 23.5 Å². The van der Waals surface area contributed by atoms with E-state index in [1.807, 2.05) is 24.3 Å². The number of ether oxygens (including phenoxy) is 3. The normalized spacial score (nSPS) is 12.6. The molecule has 0 saturated carbocycles. The topological polar surface area (TPSA) is 94.2 Å². The van der Waals surface area contributed by atoms with Gasteiger partial charge in [0, 0.05) is 18.7 Å². The highest BCUT2D eigenvalue weighted by Gasteiger charge is 2.25. The minimum absolute atomic E-state index is 0.0279. The fourth-order valence-corrected chi connectivity index (χ4v) is 2.91. The molecule has 8 heteroatoms. The summed E-state index contributed by atoms with van der Waals surface area (Å²) >= 11 is 0. The Hall–Kier alpha value is -3.55. The van der Waals surface area contributed by atoms with Crippen molar-refractivity contribution in [1.29, 1.82) is 0 Å². The third-order valence-corrected chi connectivity index (χ3v) is 4.38. The lowest BCUT2D eigenvalue weighted by molar-refractivity contribution is -0.148. The number of nitrogens with one attached hydrogen (secondary N) is 1. The Morgan fingerprint density at radius 2 is 1.90 bits per heavy atom. The lowest BCUT2D eigenvalue weighted by Crippen LogP contribution is -2.40. The summed E-state index contributed by atoms with van der Waals surface area (Å²) < 4.78 is 15.6. The van der Waals surface area contributed by atoms with Crippen LogP contribution in [0, 0.1) is 0 Å². The minimum Gasteiger partial charge on any atom is -0.496 e. The predicted octanol–water partition coefficient (Wildman–Crippen LogP) is 1.67. The number of benzene rings is 2. The zero-order chi connectivity index (χ0) is 20.6. The Labute approximate surface area is 168 Å². The summed E-state index contributed by atoms with van der Waals surface area (Å²) in [6, 6.07) is 14.4. The molecule has 1 aliphatic heterocycles. The van der Waals surface area contributed by atoms with Gasteiger partial charge in [-0.15, -0.1) is 0 Å². The standard InChI is InChI=1S/C21H22N2O6/c1-27-17-8-4-2-6-15(17)12-22-19(24)13-29-21(26)10-11-23-16-7-3-5-9-18(16)28-14-20(23)25/h2-9H,10-14H2,1H3,(H,22,24). The molecule has 2 aromatic carbocycles. The molecule has 0 aliphatic carbocycles. The fourth-order valence-electron chi connectivity index (χ4n) is 2.91. The van der Waals surface area contributed by atoms with Gasteiger partial charge in [-0.3, -0.25) is 14.4 Å². The van der Waals surface area contributed by atoms with Crippen LogP contribution in [0.4, 0.5) is 5.69 Å². The Bertz CT molecular complexity index is 898. The summed E-state index contributed by atoms with van der Waals surface area (Å²) in [6.45, 7) is -0.0423. The van der Waals surface area contributed by atoms with Gasteiger partial charge in [-0.05, 0) is 18.2 Å². The maximum atomic E-state index is 12.1. The average molecular weight is 398 g/mol. The van der Waals surface area contributed by atoms with E-state index in [0.717, 1.165) is 5.56 Å². The van der Waals surface area contributed by atoms with Crippen LogP contribution in [0.2, 0.25) is 0 Å². The molecule has 0 radical (unpaired) electrons. The quantitative estimate of drug-likeness (QED) is 0.680. The van der Waals surface area contributed by atoms with Crippen molar-refractivity contribution in [2.45, 2.75) is 13.0 Å². The number of carbonyl (C=O) groups excluding carboxylic acids is 3. The van der Waals surface area contributed by atoms with Gasteiger partial charge in [-0.25, -0.2) is 0 Å². The van der Waals surface area contributed by atoms with Gasteiger partial charge in [-0.2, -0.15) is 0 Å². The summed E-state index contributed by atoms with van der Waals surface area (Å²) in [5, 5.41) is 2.68. The van der Waals surface area contributed by atoms with Crippen LogP contribution in [0.1, 0.15) is 12.0 Å². The summed E-state index contributed by atoms with van der Waals surface area (Å²) in [7, 11) is 1.56. The smallest absolute Gasteiger partial charge is 0.308 e. The van der Waals surface area contributed by atoms with E-state index in [1.165, 1.54) is 4.90 Å². The van der Waals surface area contributed by atoms with Gasteiger partial charge in [0.25, 0.3) is 11.8 Å². The van der Waals surface area contributed by atoms with Gasteiger partial charge in [0.05, 0.1) is 19.2 Å². The molecule has 0 atom stereocenters. The molecule has 1 heterocycles. The van der Waals surface area contributed by atoms with Crippen molar-refractivity contribution < 1.29 is 28.6 Å². The molecule has 0 fully saturated rings. The van der Waals surface area contributed by atoms with E-state index >= 15 is 0 Å². The van der Waals surface area contributed by atoms with Crippen LogP contribution >= 0.6 is 0 Å². The van der Waals surface area contributed by atoms with Crippen molar-refractivity contribution in [2.24, 2.45) is 0 Å². The number of amides is 2. The number of para-hydroxylation sites is 3. The third-order valence-electron chi connectivity index (χ3n) is 4.38. The second-order valence-corrected chi connectivity index (χ2v) is 6.30. The second-order valence-electron chi connectivity index (χ2n) is 6.30. The summed E-state index contributed by atoms with van der Waals surface area (Å²) in [5.41, 5.74) is 1.44. The molecule has 0 aromatic heterocycles. The van der Waals surface area contributed by atoms with Crippen LogP contribution in [0.5, 0.6) is 11.5 Å². The zero-order valence-electron chi connectivity index (χ0n) is 16.1. The Kier molecular flexibility index (Phi) is 6.67. The monoisotopic (exact) mass is 398 g/mol. The molecule has 2 aromatic rings. The highest BCUT2D eigenvalue weighted by atomic mass is 16.5. The molecule has 0 spiro atoms. The molecule has 2 amide bonds. The third kappa shape index (κ3) is 5.25. The van der Waals surface area contributed by atoms with E-state index in [-0.39, 0.29) is 38.6 Å². The highest BCUT2D eigenvalue weighted by molar-refractivity contribution is 5.98. The molecule has 8 nitrogen and oxygen atoms in total. The van der Waals surface area contributed by atoms with Crippen LogP contribution in [-0.4, -0.2) is 44.7 Å². The SMILES string of the molecule is COc1ccccc1CNC(=O)COC(=O)CCN1C(=O)COc2ccccc21. The van der Waals surface area contributed by atoms with E-state index in [2.05, 4.69) is 5.32 Å². The number of nitrogens with zero attached hydrogens (tertiary/aromatic N) is 1. The van der Waals surface area contributed by atoms with Gasteiger partial charge in [0.2, 0.25) is 0 Å². The first-order chi connectivity index (χ1) is 14.1. The number of fused-ring (bicyclic) bond motifs is 1. The summed E-state index contributed by atoms with van der Waals surface area (Å²) in [5.74, 6) is 0.0498. The molecular formula is C21H22N2O6. The van der Waals surface area contributed by atoms with Crippen molar-refractivity contribution in [3.63, 3.8) is 0 Å². The van der Waals surface area contributed by atoms with Crippen molar-refractivity contribution in [3.05, 3.63) is 54.1 Å². The van der Waals surface area contributed by atoms with Crippen molar-refractivity contribution in [3.8, 4) is 11.5 Å². The van der Waals surface area contributed by atoms with E-state index < -0.39 is 11.9 Å². The molecule has 1 aliphatic rings. The van der Waals surface area contributed by atoms with Crippen LogP contribution in [0.25, 0.3) is 0 Å². The first-order valence-electron chi connectivity index (χ1n) is 9.15. The Balaban J connectivity index is 1.43. The lowest BCUT2D eigenvalue weighted by Gasteiger charge is -2.28. The molecule has 0 bridgehead atoms. The summed E-state index contributed by atoms with van der Waals surface area (Å²) in [6.07, 6.45) is -0.0279. The Morgan fingerprint density at radius 3 is 2.72 bits per heavy atom. The number of methoxy groups -OCH3 is 1. The number of esters is 1. The fraction of sp³-hybridized carbons (Fsp3) is 0.286. The molecule has 29 heavy (non-hydrogen) atoms. The number of hydrogen-bond donors (Lipinski definition) is 1. The predicted molar refractivity (Wildman–Crippen MR) is 105 cm³/mol. The lowest BCUT2D eigenvalue weighted by atomic mass is 10.2. The molecule has 1 N–H and O–H groups in total. The molecular weight excluding hydrogens is 376 g/mol. The first-order valence-corrected chi connectivity index (χ1v) is 9.15. The maximum absolute atomic E-state index is 12.1. The number of anilines is 1. The minimum atomic E-state index is -0.561. The van der Waals surface area contributed by atoms with Gasteiger partial charge in [0.15, 0.2) is 13.2 Å². The largest absolute Gasteiger partial charge is 0.496 e. The average Bonchev–Trinajstić information content (AvgIpc) is 2.75. The molecule has 152 valence electrons. The van der Waals surface area contributed by atoms with E-state index in [9.17, 15) is 14.4 Å².